The second-order valence-corrected chi connectivity index (χ2v) is 4.65. The summed E-state index contributed by atoms with van der Waals surface area (Å²) in [7, 11) is 2.00. The molecule has 0 bridgehead atoms. The molecule has 1 unspecified atom stereocenters. The number of hydrogen-bond donors (Lipinski definition) is 0. The van der Waals surface area contributed by atoms with E-state index in [1.807, 2.05) is 17.8 Å². The van der Waals surface area contributed by atoms with Gasteiger partial charge >= 0.3 is 0 Å². The molecule has 0 aliphatic carbocycles. The molecule has 18 heavy (non-hydrogen) atoms. The highest BCUT2D eigenvalue weighted by Gasteiger charge is 2.25. The number of aromatic nitrogens is 5. The lowest BCUT2D eigenvalue weighted by Crippen LogP contribution is -2.35. The maximum atomic E-state index is 4.36. The molecule has 6 heteroatoms. The van der Waals surface area contributed by atoms with Crippen LogP contribution in [0.4, 0.5) is 5.82 Å². The highest BCUT2D eigenvalue weighted by molar-refractivity contribution is 5.36. The zero-order valence-corrected chi connectivity index (χ0v) is 10.4. The molecule has 3 heterocycles. The molecule has 0 amide bonds. The number of hydrogen-bond acceptors (Lipinski definition) is 5. The van der Waals surface area contributed by atoms with Crippen LogP contribution >= 0.6 is 0 Å². The first-order chi connectivity index (χ1) is 8.84. The summed E-state index contributed by atoms with van der Waals surface area (Å²) in [6.07, 6.45) is 9.32. The molecule has 1 fully saturated rings. The minimum absolute atomic E-state index is 0.424. The van der Waals surface area contributed by atoms with E-state index in [4.69, 9.17) is 0 Å². The SMILES string of the molecule is Cn1cnnc1C1CCCN(c2cnccn2)C1. The smallest absolute Gasteiger partial charge is 0.147 e. The normalized spacial score (nSPS) is 20.1. The Hall–Kier alpha value is -1.98. The zero-order chi connectivity index (χ0) is 12.4. The monoisotopic (exact) mass is 244 g/mol. The van der Waals surface area contributed by atoms with Crippen molar-refractivity contribution in [1.29, 1.82) is 0 Å². The van der Waals surface area contributed by atoms with E-state index in [9.17, 15) is 0 Å². The van der Waals surface area contributed by atoms with Gasteiger partial charge in [-0.1, -0.05) is 0 Å². The van der Waals surface area contributed by atoms with Gasteiger partial charge in [-0.3, -0.25) is 4.98 Å². The molecule has 1 aliphatic heterocycles. The molecule has 6 nitrogen and oxygen atoms in total. The van der Waals surface area contributed by atoms with Crippen molar-refractivity contribution in [3.63, 3.8) is 0 Å². The second-order valence-electron chi connectivity index (χ2n) is 4.65. The van der Waals surface area contributed by atoms with E-state index in [0.29, 0.717) is 5.92 Å². The molecule has 0 saturated carbocycles. The van der Waals surface area contributed by atoms with E-state index in [0.717, 1.165) is 37.6 Å². The van der Waals surface area contributed by atoms with Crippen molar-refractivity contribution in [1.82, 2.24) is 24.7 Å². The largest absolute Gasteiger partial charge is 0.355 e. The topological polar surface area (TPSA) is 59.7 Å². The predicted molar refractivity (Wildman–Crippen MR) is 67.2 cm³/mol. The van der Waals surface area contributed by atoms with Crippen LogP contribution in [0.3, 0.4) is 0 Å². The van der Waals surface area contributed by atoms with Crippen LogP contribution in [0, 0.1) is 0 Å². The Morgan fingerprint density at radius 2 is 2.28 bits per heavy atom. The van der Waals surface area contributed by atoms with Gasteiger partial charge in [0.25, 0.3) is 0 Å². The van der Waals surface area contributed by atoms with Crippen LogP contribution in [0.2, 0.25) is 0 Å². The van der Waals surface area contributed by atoms with Gasteiger partial charge in [-0.25, -0.2) is 4.98 Å². The summed E-state index contributed by atoms with van der Waals surface area (Å²) < 4.78 is 2.00. The van der Waals surface area contributed by atoms with Gasteiger partial charge in [0.1, 0.15) is 18.0 Å². The molecule has 1 atom stereocenters. The van der Waals surface area contributed by atoms with Crippen molar-refractivity contribution in [2.24, 2.45) is 7.05 Å². The maximum absolute atomic E-state index is 4.36. The van der Waals surface area contributed by atoms with Crippen molar-refractivity contribution in [2.75, 3.05) is 18.0 Å². The summed E-state index contributed by atoms with van der Waals surface area (Å²) in [5.74, 6) is 2.43. The average molecular weight is 244 g/mol. The van der Waals surface area contributed by atoms with E-state index in [-0.39, 0.29) is 0 Å². The molecule has 0 spiro atoms. The molecular weight excluding hydrogens is 228 g/mol. The Labute approximate surface area is 106 Å². The van der Waals surface area contributed by atoms with Crippen LogP contribution in [0.1, 0.15) is 24.6 Å². The van der Waals surface area contributed by atoms with Crippen LogP contribution in [-0.4, -0.2) is 37.8 Å². The fraction of sp³-hybridized carbons (Fsp3) is 0.500. The molecule has 3 rings (SSSR count). The van der Waals surface area contributed by atoms with Gasteiger partial charge in [-0.05, 0) is 12.8 Å². The van der Waals surface area contributed by atoms with Gasteiger partial charge in [-0.2, -0.15) is 0 Å². The third kappa shape index (κ3) is 2.05. The third-order valence-corrected chi connectivity index (χ3v) is 3.41. The molecule has 2 aromatic heterocycles. The van der Waals surface area contributed by atoms with E-state index >= 15 is 0 Å². The number of anilines is 1. The Morgan fingerprint density at radius 3 is 3.00 bits per heavy atom. The van der Waals surface area contributed by atoms with Gasteiger partial charge in [-0.15, -0.1) is 10.2 Å². The average Bonchev–Trinajstić information content (AvgIpc) is 2.86. The van der Waals surface area contributed by atoms with Crippen LogP contribution in [0.25, 0.3) is 0 Å². The molecule has 1 aliphatic rings. The van der Waals surface area contributed by atoms with Crippen molar-refractivity contribution in [2.45, 2.75) is 18.8 Å². The predicted octanol–water partition coefficient (Wildman–Crippen LogP) is 0.989. The van der Waals surface area contributed by atoms with Crippen LogP contribution in [0.5, 0.6) is 0 Å². The fourth-order valence-corrected chi connectivity index (χ4v) is 2.51. The summed E-state index contributed by atoms with van der Waals surface area (Å²) in [4.78, 5) is 10.8. The summed E-state index contributed by atoms with van der Waals surface area (Å²) in [6.45, 7) is 1.97. The Kier molecular flexibility index (Phi) is 2.92. The quantitative estimate of drug-likeness (QED) is 0.788. The molecular formula is C12H16N6. The number of rotatable bonds is 2. The highest BCUT2D eigenvalue weighted by Crippen LogP contribution is 2.27. The summed E-state index contributed by atoms with van der Waals surface area (Å²) in [5, 5.41) is 8.18. The van der Waals surface area contributed by atoms with E-state index in [1.165, 1.54) is 0 Å². The molecule has 0 aromatic carbocycles. The third-order valence-electron chi connectivity index (χ3n) is 3.41. The second kappa shape index (κ2) is 4.72. The molecule has 0 radical (unpaired) electrons. The standard InChI is InChI=1S/C12H16N6/c1-17-9-15-16-12(17)10-3-2-6-18(8-10)11-7-13-4-5-14-11/h4-5,7,9-10H,2-3,6,8H2,1H3. The Morgan fingerprint density at radius 1 is 1.33 bits per heavy atom. The van der Waals surface area contributed by atoms with Gasteiger partial charge < -0.3 is 9.47 Å². The van der Waals surface area contributed by atoms with Gasteiger partial charge in [0.2, 0.25) is 0 Å². The van der Waals surface area contributed by atoms with E-state index in [1.54, 1.807) is 18.7 Å². The van der Waals surface area contributed by atoms with Gasteiger partial charge in [0.05, 0.1) is 6.20 Å². The highest BCUT2D eigenvalue weighted by atomic mass is 15.3. The summed E-state index contributed by atoms with van der Waals surface area (Å²) >= 11 is 0. The minimum Gasteiger partial charge on any atom is -0.355 e. The first kappa shape index (κ1) is 11.1. The van der Waals surface area contributed by atoms with Crippen molar-refractivity contribution in [3.8, 4) is 0 Å². The lowest BCUT2D eigenvalue weighted by atomic mass is 9.97. The Balaban J connectivity index is 1.79. The van der Waals surface area contributed by atoms with E-state index < -0.39 is 0 Å². The van der Waals surface area contributed by atoms with E-state index in [2.05, 4.69) is 25.1 Å². The van der Waals surface area contributed by atoms with Crippen molar-refractivity contribution < 1.29 is 0 Å². The lowest BCUT2D eigenvalue weighted by Gasteiger charge is -2.32. The number of aryl methyl sites for hydroxylation is 1. The summed E-state index contributed by atoms with van der Waals surface area (Å²) in [6, 6.07) is 0. The first-order valence-corrected chi connectivity index (χ1v) is 6.19. The fourth-order valence-electron chi connectivity index (χ4n) is 2.51. The van der Waals surface area contributed by atoms with Crippen LogP contribution < -0.4 is 4.90 Å². The molecule has 1 saturated heterocycles. The van der Waals surface area contributed by atoms with Gasteiger partial charge in [0, 0.05) is 38.4 Å². The zero-order valence-electron chi connectivity index (χ0n) is 10.4. The number of piperidine rings is 1. The van der Waals surface area contributed by atoms with Crippen molar-refractivity contribution >= 4 is 5.82 Å². The summed E-state index contributed by atoms with van der Waals surface area (Å²) in [5.41, 5.74) is 0. The minimum atomic E-state index is 0.424. The molecule has 0 N–H and O–H groups in total. The van der Waals surface area contributed by atoms with Crippen molar-refractivity contribution in [3.05, 3.63) is 30.7 Å². The van der Waals surface area contributed by atoms with Crippen LogP contribution in [0.15, 0.2) is 24.9 Å². The molecule has 2 aromatic rings. The van der Waals surface area contributed by atoms with Crippen LogP contribution in [-0.2, 0) is 7.05 Å². The Bertz CT molecular complexity index is 508. The number of nitrogens with zero attached hydrogens (tertiary/aromatic N) is 6. The maximum Gasteiger partial charge on any atom is 0.147 e. The first-order valence-electron chi connectivity index (χ1n) is 6.19. The molecule has 94 valence electrons. The lowest BCUT2D eigenvalue weighted by molar-refractivity contribution is 0.477. The van der Waals surface area contributed by atoms with Gasteiger partial charge in [0.15, 0.2) is 0 Å².